The summed E-state index contributed by atoms with van der Waals surface area (Å²) in [7, 11) is -0.590. The van der Waals surface area contributed by atoms with Crippen molar-refractivity contribution >= 4 is 33.1 Å². The van der Waals surface area contributed by atoms with Gasteiger partial charge in [0.15, 0.2) is 6.61 Å². The van der Waals surface area contributed by atoms with Crippen molar-refractivity contribution in [1.29, 1.82) is 0 Å². The van der Waals surface area contributed by atoms with Crippen molar-refractivity contribution in [3.8, 4) is 11.5 Å². The van der Waals surface area contributed by atoms with E-state index in [-0.39, 0.29) is 18.7 Å². The molecule has 30 heavy (non-hydrogen) atoms. The van der Waals surface area contributed by atoms with Crippen molar-refractivity contribution in [3.05, 3.63) is 41.3 Å². The van der Waals surface area contributed by atoms with Crippen LogP contribution in [0.15, 0.2) is 39.9 Å². The van der Waals surface area contributed by atoms with Gasteiger partial charge >= 0.3 is 5.97 Å². The van der Waals surface area contributed by atoms with Crippen LogP contribution in [0.1, 0.15) is 23.2 Å². The predicted molar refractivity (Wildman–Crippen MR) is 111 cm³/mol. The third kappa shape index (κ3) is 4.82. The Bertz CT molecular complexity index is 994. The lowest BCUT2D eigenvalue weighted by Gasteiger charge is -2.29. The first-order valence-electron chi connectivity index (χ1n) is 9.32. The summed E-state index contributed by atoms with van der Waals surface area (Å²) in [5.74, 6) is -0.497. The number of benzene rings is 1. The fourth-order valence-electron chi connectivity index (χ4n) is 3.23. The molecular formula is C20H23NO7S2. The fraction of sp³-hybridized carbons (Fsp3) is 0.400. The molecule has 1 saturated heterocycles. The molecule has 2 heterocycles. The number of hydrogen-bond acceptors (Lipinski definition) is 8. The van der Waals surface area contributed by atoms with Crippen LogP contribution in [-0.2, 0) is 19.6 Å². The number of ether oxygens (including phenoxy) is 3. The van der Waals surface area contributed by atoms with Crippen LogP contribution >= 0.6 is 11.3 Å². The Morgan fingerprint density at radius 1 is 1.13 bits per heavy atom. The zero-order valence-corrected chi connectivity index (χ0v) is 18.3. The average Bonchev–Trinajstić information content (AvgIpc) is 3.32. The molecule has 1 aromatic carbocycles. The van der Waals surface area contributed by atoms with Crippen LogP contribution in [0.5, 0.6) is 11.5 Å². The monoisotopic (exact) mass is 453 g/mol. The number of thiophene rings is 1. The molecule has 0 atom stereocenters. The van der Waals surface area contributed by atoms with Crippen molar-refractivity contribution in [2.45, 2.75) is 17.1 Å². The summed E-state index contributed by atoms with van der Waals surface area (Å²) in [6.45, 7) is 0.0470. The lowest BCUT2D eigenvalue weighted by Crippen LogP contribution is -2.40. The molecule has 0 radical (unpaired) electrons. The largest absolute Gasteiger partial charge is 0.497 e. The van der Waals surface area contributed by atoms with Gasteiger partial charge in [-0.05, 0) is 42.5 Å². The number of Topliss-reactive ketones (excluding diaryl/α,β-unsaturated/α-hetero) is 1. The molecule has 1 aromatic heterocycles. The Balaban J connectivity index is 1.55. The number of esters is 1. The van der Waals surface area contributed by atoms with E-state index < -0.39 is 34.3 Å². The number of piperidine rings is 1. The molecule has 0 saturated carbocycles. The van der Waals surface area contributed by atoms with E-state index in [4.69, 9.17) is 14.2 Å². The number of methoxy groups -OCH3 is 2. The average molecular weight is 454 g/mol. The first-order chi connectivity index (χ1) is 14.4. The maximum Gasteiger partial charge on any atom is 0.309 e. The fourth-order valence-corrected chi connectivity index (χ4v) is 5.85. The van der Waals surface area contributed by atoms with Gasteiger partial charge in [-0.3, -0.25) is 9.59 Å². The third-order valence-electron chi connectivity index (χ3n) is 4.93. The lowest BCUT2D eigenvalue weighted by molar-refractivity contribution is -0.148. The molecular weight excluding hydrogens is 430 g/mol. The molecule has 1 fully saturated rings. The smallest absolute Gasteiger partial charge is 0.309 e. The second kappa shape index (κ2) is 9.59. The van der Waals surface area contributed by atoms with Gasteiger partial charge in [-0.15, -0.1) is 11.3 Å². The van der Waals surface area contributed by atoms with Gasteiger partial charge in [0.2, 0.25) is 5.78 Å². The van der Waals surface area contributed by atoms with E-state index in [2.05, 4.69) is 0 Å². The number of ketones is 1. The van der Waals surface area contributed by atoms with Gasteiger partial charge in [0.25, 0.3) is 10.0 Å². The highest BCUT2D eigenvalue weighted by molar-refractivity contribution is 7.91. The molecule has 8 nitrogen and oxygen atoms in total. The van der Waals surface area contributed by atoms with E-state index in [1.165, 1.54) is 35.9 Å². The summed E-state index contributed by atoms with van der Waals surface area (Å²) in [5, 5.41) is 1.71. The van der Waals surface area contributed by atoms with Gasteiger partial charge in [-0.25, -0.2) is 8.42 Å². The summed E-state index contributed by atoms with van der Waals surface area (Å²) >= 11 is 1.17. The Morgan fingerprint density at radius 2 is 1.87 bits per heavy atom. The quantitative estimate of drug-likeness (QED) is 0.447. The van der Waals surface area contributed by atoms with Gasteiger partial charge in [-0.1, -0.05) is 6.07 Å². The predicted octanol–water partition coefficient (Wildman–Crippen LogP) is 2.59. The van der Waals surface area contributed by atoms with Crippen molar-refractivity contribution in [2.75, 3.05) is 33.9 Å². The standard InChI is InChI=1S/C20H23NO7S2/c1-26-15-5-6-18(27-2)16(12-15)17(22)13-28-20(23)14-7-9-21(10-8-14)30(24,25)19-4-3-11-29-19/h3-6,11-12,14H,7-10,13H2,1-2H3. The summed E-state index contributed by atoms with van der Waals surface area (Å²) in [6.07, 6.45) is 0.695. The van der Waals surface area contributed by atoms with Crippen molar-refractivity contribution in [3.63, 3.8) is 0 Å². The topological polar surface area (TPSA) is 99.2 Å². The molecule has 0 amide bonds. The molecule has 0 unspecified atom stereocenters. The van der Waals surface area contributed by atoms with Crippen molar-refractivity contribution in [1.82, 2.24) is 4.31 Å². The van der Waals surface area contributed by atoms with Gasteiger partial charge < -0.3 is 14.2 Å². The first-order valence-corrected chi connectivity index (χ1v) is 11.6. The number of carbonyl (C=O) groups is 2. The number of sulfonamides is 1. The first kappa shape index (κ1) is 22.3. The minimum Gasteiger partial charge on any atom is -0.497 e. The molecule has 0 bridgehead atoms. The molecule has 2 aromatic rings. The highest BCUT2D eigenvalue weighted by atomic mass is 32.2. The van der Waals surface area contributed by atoms with Gasteiger partial charge in [0.1, 0.15) is 15.7 Å². The molecule has 0 aliphatic carbocycles. The summed E-state index contributed by atoms with van der Waals surface area (Å²) < 4.78 is 42.3. The van der Waals surface area contributed by atoms with Crippen LogP contribution in [0.3, 0.4) is 0 Å². The van der Waals surface area contributed by atoms with Gasteiger partial charge in [0, 0.05) is 13.1 Å². The summed E-state index contributed by atoms with van der Waals surface area (Å²) in [4.78, 5) is 24.9. The number of hydrogen-bond donors (Lipinski definition) is 0. The minimum atomic E-state index is -3.52. The second-order valence-electron chi connectivity index (χ2n) is 6.71. The van der Waals surface area contributed by atoms with E-state index in [9.17, 15) is 18.0 Å². The maximum atomic E-state index is 12.6. The van der Waals surface area contributed by atoms with Gasteiger partial charge in [-0.2, -0.15) is 4.31 Å². The Labute approximate surface area is 179 Å². The lowest BCUT2D eigenvalue weighted by atomic mass is 9.98. The normalized spacial score (nSPS) is 15.5. The highest BCUT2D eigenvalue weighted by Gasteiger charge is 2.33. The molecule has 10 heteroatoms. The molecule has 1 aliphatic heterocycles. The minimum absolute atomic E-state index is 0.234. The SMILES string of the molecule is COc1ccc(OC)c(C(=O)COC(=O)C2CCN(S(=O)(=O)c3cccs3)CC2)c1. The van der Waals surface area contributed by atoms with E-state index in [0.29, 0.717) is 28.5 Å². The molecule has 0 N–H and O–H groups in total. The van der Waals surface area contributed by atoms with Crippen LogP contribution < -0.4 is 9.47 Å². The second-order valence-corrected chi connectivity index (χ2v) is 9.82. The van der Waals surface area contributed by atoms with E-state index in [0.717, 1.165) is 0 Å². The van der Waals surface area contributed by atoms with Crippen LogP contribution in [0.25, 0.3) is 0 Å². The molecule has 1 aliphatic rings. The van der Waals surface area contributed by atoms with Crippen molar-refractivity contribution in [2.24, 2.45) is 5.92 Å². The van der Waals surface area contributed by atoms with E-state index >= 15 is 0 Å². The zero-order chi connectivity index (χ0) is 21.7. The number of nitrogens with zero attached hydrogens (tertiary/aromatic N) is 1. The molecule has 162 valence electrons. The number of rotatable bonds is 8. The van der Waals surface area contributed by atoms with E-state index in [1.54, 1.807) is 29.6 Å². The number of carbonyl (C=O) groups excluding carboxylic acids is 2. The Hall–Kier alpha value is -2.43. The molecule has 0 spiro atoms. The Morgan fingerprint density at radius 3 is 2.47 bits per heavy atom. The van der Waals surface area contributed by atoms with Gasteiger partial charge in [0.05, 0.1) is 25.7 Å². The van der Waals surface area contributed by atoms with E-state index in [1.807, 2.05) is 0 Å². The highest BCUT2D eigenvalue weighted by Crippen LogP contribution is 2.27. The zero-order valence-electron chi connectivity index (χ0n) is 16.7. The van der Waals surface area contributed by atoms with Crippen LogP contribution in [-0.4, -0.2) is 58.4 Å². The maximum absolute atomic E-state index is 12.6. The summed E-state index contributed by atoms with van der Waals surface area (Å²) in [6, 6.07) is 8.06. The third-order valence-corrected chi connectivity index (χ3v) is 8.20. The van der Waals surface area contributed by atoms with Crippen molar-refractivity contribution < 1.29 is 32.2 Å². The molecule has 3 rings (SSSR count). The van der Waals surface area contributed by atoms with Crippen LogP contribution in [0.4, 0.5) is 0 Å². The Kier molecular flexibility index (Phi) is 7.11. The van der Waals surface area contributed by atoms with Crippen LogP contribution in [0.2, 0.25) is 0 Å². The van der Waals surface area contributed by atoms with Crippen LogP contribution in [0, 0.1) is 5.92 Å². The summed E-state index contributed by atoms with van der Waals surface area (Å²) in [5.41, 5.74) is 0.265.